The summed E-state index contributed by atoms with van der Waals surface area (Å²) in [6.07, 6.45) is 0. The van der Waals surface area contributed by atoms with Crippen LogP contribution in [0.1, 0.15) is 18.5 Å². The van der Waals surface area contributed by atoms with Gasteiger partial charge in [-0.2, -0.15) is 16.8 Å². The molecule has 206 valence electrons. The van der Waals surface area contributed by atoms with Gasteiger partial charge in [0, 0.05) is 19.6 Å². The van der Waals surface area contributed by atoms with E-state index in [0.29, 0.717) is 4.90 Å². The third-order valence-corrected chi connectivity index (χ3v) is 6.66. The van der Waals surface area contributed by atoms with Gasteiger partial charge in [0.1, 0.15) is 17.8 Å². The van der Waals surface area contributed by atoms with Crippen molar-refractivity contribution < 1.29 is 54.1 Å². The monoisotopic (exact) mass is 611 g/mol. The fraction of sp³-hybridized carbons (Fsp3) is 0.389. The number of benzene rings is 1. The van der Waals surface area contributed by atoms with Gasteiger partial charge >= 0.3 is 97.7 Å². The Labute approximate surface area is 267 Å². The van der Waals surface area contributed by atoms with Crippen molar-refractivity contribution >= 4 is 109 Å². The molecule has 2 heterocycles. The van der Waals surface area contributed by atoms with E-state index in [0.717, 1.165) is 24.3 Å². The number of likely N-dealkylation sites (N-methyl/N-ethyl adjacent to an activating group) is 1. The van der Waals surface area contributed by atoms with Crippen LogP contribution in [0, 0.1) is 0 Å². The molecule has 39 heavy (non-hydrogen) atoms. The first-order valence-electron chi connectivity index (χ1n) is 10.4. The maximum absolute atomic E-state index is 13.0. The Balaban J connectivity index is 0.00000380. The molecule has 0 aliphatic carbocycles. The zero-order valence-corrected chi connectivity index (χ0v) is 20.6. The van der Waals surface area contributed by atoms with E-state index in [1.165, 1.54) is 4.90 Å². The van der Waals surface area contributed by atoms with Crippen LogP contribution in [-0.2, 0) is 39.9 Å². The Morgan fingerprint density at radius 1 is 1.03 bits per heavy atom. The second kappa shape index (κ2) is 13.7. The summed E-state index contributed by atoms with van der Waals surface area (Å²) in [5.74, 6) is -4.61. The summed E-state index contributed by atoms with van der Waals surface area (Å²) in [6.45, 7) is 1.16. The number of carbonyl (C=O) groups is 5. The van der Waals surface area contributed by atoms with Crippen molar-refractivity contribution in [3.8, 4) is 5.75 Å². The molecule has 2 saturated heterocycles. The first-order chi connectivity index (χ1) is 17.1. The van der Waals surface area contributed by atoms with Gasteiger partial charge in [-0.1, -0.05) is 12.1 Å². The Kier molecular flexibility index (Phi) is 12.4. The molecule has 3 rings (SSSR count). The van der Waals surface area contributed by atoms with E-state index in [1.54, 1.807) is 6.92 Å². The van der Waals surface area contributed by atoms with Crippen LogP contribution in [0.15, 0.2) is 24.3 Å². The predicted molar refractivity (Wildman–Crippen MR) is 133 cm³/mol. The van der Waals surface area contributed by atoms with Crippen LogP contribution in [0.2, 0.25) is 0 Å². The van der Waals surface area contributed by atoms with Crippen LogP contribution in [0.5, 0.6) is 5.75 Å². The molecule has 1 aromatic rings. The number of hydrogen-bond donors (Lipinski definition) is 4. The molecule has 0 aromatic heterocycles. The van der Waals surface area contributed by atoms with Gasteiger partial charge in [0.05, 0.1) is 6.54 Å². The second-order valence-electron chi connectivity index (χ2n) is 7.71. The van der Waals surface area contributed by atoms with Gasteiger partial charge in [-0.05, 0) is 24.6 Å². The minimum atomic E-state index is -4.85. The topological polar surface area (TPSA) is 237 Å². The minimum absolute atomic E-state index is 0. The second-order valence-corrected chi connectivity index (χ2v) is 10.1. The predicted octanol–water partition coefficient (Wildman–Crippen LogP) is -3.86. The SMILES string of the molecule is CCN1CCN(C(=O)NC(C(=O)NC2CN(S(=O)(=O)O)C2=O)c2ccc(OS(=O)(=O)O)cc2)C(=O)C1=O.[NaH].[NaH]. The zero-order valence-electron chi connectivity index (χ0n) is 18.9. The molecule has 2 unspecified atom stereocenters. The number of urea groups is 1. The number of rotatable bonds is 8. The average Bonchev–Trinajstić information content (AvgIpc) is 2.79. The van der Waals surface area contributed by atoms with Crippen molar-refractivity contribution in [1.82, 2.24) is 24.7 Å². The van der Waals surface area contributed by atoms with Crippen LogP contribution in [-0.4, -0.2) is 161 Å². The first-order valence-corrected chi connectivity index (χ1v) is 13.2. The third kappa shape index (κ3) is 8.59. The van der Waals surface area contributed by atoms with Crippen LogP contribution in [0.4, 0.5) is 4.79 Å². The van der Waals surface area contributed by atoms with Crippen LogP contribution >= 0.6 is 0 Å². The Hall–Kier alpha value is -1.81. The molecule has 0 spiro atoms. The summed E-state index contributed by atoms with van der Waals surface area (Å²) < 4.78 is 66.1. The van der Waals surface area contributed by atoms with E-state index < -0.39 is 69.0 Å². The summed E-state index contributed by atoms with van der Waals surface area (Å²) in [6, 6.07) is 0.170. The third-order valence-electron chi connectivity index (χ3n) is 5.37. The van der Waals surface area contributed by atoms with Gasteiger partial charge in [-0.15, -0.1) is 0 Å². The number of hydrogen-bond acceptors (Lipinski definition) is 10. The molecular weight excluding hydrogens is 588 g/mol. The van der Waals surface area contributed by atoms with Crippen molar-refractivity contribution in [3.63, 3.8) is 0 Å². The Morgan fingerprint density at radius 2 is 1.62 bits per heavy atom. The van der Waals surface area contributed by atoms with E-state index in [9.17, 15) is 40.8 Å². The van der Waals surface area contributed by atoms with Crippen molar-refractivity contribution in [1.29, 1.82) is 0 Å². The molecule has 17 nitrogen and oxygen atoms in total. The van der Waals surface area contributed by atoms with Crippen LogP contribution in [0.3, 0.4) is 0 Å². The van der Waals surface area contributed by atoms with Crippen molar-refractivity contribution in [2.24, 2.45) is 0 Å². The molecule has 2 fully saturated rings. The van der Waals surface area contributed by atoms with Crippen molar-refractivity contribution in [3.05, 3.63) is 29.8 Å². The molecule has 2 atom stereocenters. The summed E-state index contributed by atoms with van der Waals surface area (Å²) >= 11 is 0. The number of carbonyl (C=O) groups excluding carboxylic acids is 5. The quantitative estimate of drug-likeness (QED) is 0.0957. The fourth-order valence-electron chi connectivity index (χ4n) is 3.47. The van der Waals surface area contributed by atoms with E-state index >= 15 is 0 Å². The Morgan fingerprint density at radius 3 is 2.10 bits per heavy atom. The molecule has 1 aromatic carbocycles. The normalized spacial score (nSPS) is 18.3. The fourth-order valence-corrected chi connectivity index (χ4v) is 4.52. The number of amides is 6. The molecule has 2 aliphatic rings. The van der Waals surface area contributed by atoms with E-state index in [2.05, 4.69) is 14.8 Å². The first kappa shape index (κ1) is 35.2. The van der Waals surface area contributed by atoms with Crippen molar-refractivity contribution in [2.75, 3.05) is 26.2 Å². The molecule has 6 amide bonds. The summed E-state index contributed by atoms with van der Waals surface area (Å²) in [4.78, 5) is 64.1. The van der Waals surface area contributed by atoms with E-state index in [-0.39, 0.29) is 94.4 Å². The van der Waals surface area contributed by atoms with E-state index in [1.807, 2.05) is 0 Å². The summed E-state index contributed by atoms with van der Waals surface area (Å²) in [5, 5.41) is 4.44. The van der Waals surface area contributed by atoms with E-state index in [4.69, 9.17) is 9.11 Å². The average molecular weight is 612 g/mol. The summed E-state index contributed by atoms with van der Waals surface area (Å²) in [7, 11) is -9.68. The van der Waals surface area contributed by atoms with Crippen molar-refractivity contribution in [2.45, 2.75) is 19.0 Å². The standard InChI is InChI=1S/C18H21N5O12S2.2Na.2H/c1-2-21-7-8-22(17(27)16(21)26)18(28)20-13(10-3-5-11(6-4-10)35-37(32,33)34)14(24)19-12-9-23(15(12)25)36(29,30)31;;;;/h3-6,12-13H,2,7-9H2,1H3,(H,19,24)(H,20,28)(H,29,30,31)(H,32,33,34);;;;. The molecule has 0 saturated carbocycles. The van der Waals surface area contributed by atoms with Gasteiger partial charge in [-0.3, -0.25) is 33.2 Å². The number of piperazine rings is 1. The maximum atomic E-state index is 13.0. The number of nitrogens with one attached hydrogen (secondary N) is 2. The van der Waals surface area contributed by atoms with Crippen LogP contribution < -0.4 is 14.8 Å². The molecular formula is C18H23N5Na2O12S2. The van der Waals surface area contributed by atoms with Gasteiger partial charge in [-0.25, -0.2) is 9.10 Å². The number of β-lactam (4-membered cyclic amide) rings is 1. The zero-order chi connectivity index (χ0) is 27.7. The van der Waals surface area contributed by atoms with Gasteiger partial charge in [0.25, 0.3) is 5.91 Å². The van der Waals surface area contributed by atoms with Gasteiger partial charge in [0.15, 0.2) is 0 Å². The molecule has 4 N–H and O–H groups in total. The number of nitrogens with zero attached hydrogens (tertiary/aromatic N) is 3. The molecule has 2 aliphatic heterocycles. The number of imide groups is 1. The van der Waals surface area contributed by atoms with Crippen LogP contribution in [0.25, 0.3) is 0 Å². The van der Waals surface area contributed by atoms with Gasteiger partial charge < -0.3 is 19.7 Å². The molecule has 21 heteroatoms. The van der Waals surface area contributed by atoms with Gasteiger partial charge in [0.2, 0.25) is 5.91 Å². The Bertz CT molecular complexity index is 1360. The molecule has 0 radical (unpaired) electrons. The molecule has 0 bridgehead atoms. The summed E-state index contributed by atoms with van der Waals surface area (Å²) in [5.41, 5.74) is -0.0158.